The molecule has 2 fully saturated rings. The number of aromatic nitrogens is 2. The van der Waals surface area contributed by atoms with Crippen molar-refractivity contribution in [2.24, 2.45) is 5.92 Å². The van der Waals surface area contributed by atoms with Crippen LogP contribution in [0.4, 0.5) is 0 Å². The summed E-state index contributed by atoms with van der Waals surface area (Å²) in [5, 5.41) is 4.15. The maximum atomic E-state index is 5.37. The number of benzene rings is 1. The summed E-state index contributed by atoms with van der Waals surface area (Å²) in [5.74, 6) is 3.05. The van der Waals surface area contributed by atoms with Crippen molar-refractivity contribution in [2.45, 2.75) is 44.7 Å². The molecule has 0 radical (unpaired) electrons. The Morgan fingerprint density at radius 3 is 2.60 bits per heavy atom. The Morgan fingerprint density at radius 2 is 1.88 bits per heavy atom. The molecule has 2 aliphatic rings. The number of hydrogen-bond donors (Lipinski definition) is 0. The molecule has 5 heteroatoms. The lowest BCUT2D eigenvalue weighted by molar-refractivity contribution is 0.144. The Hall–Kier alpha value is -1.72. The van der Waals surface area contributed by atoms with Crippen molar-refractivity contribution in [1.82, 2.24) is 19.9 Å². The van der Waals surface area contributed by atoms with Gasteiger partial charge in [0.1, 0.15) is 0 Å². The summed E-state index contributed by atoms with van der Waals surface area (Å²) < 4.78 is 5.37. The molecule has 0 bridgehead atoms. The van der Waals surface area contributed by atoms with Gasteiger partial charge in [-0.25, -0.2) is 0 Å². The molecule has 1 aliphatic heterocycles. The van der Waals surface area contributed by atoms with Crippen LogP contribution in [0.25, 0.3) is 0 Å². The fraction of sp³-hybridized carbons (Fsp3) is 0.600. The van der Waals surface area contributed by atoms with Crippen LogP contribution < -0.4 is 0 Å². The normalized spacial score (nSPS) is 19.6. The van der Waals surface area contributed by atoms with Gasteiger partial charge in [-0.1, -0.05) is 35.5 Å². The molecule has 0 spiro atoms. The zero-order chi connectivity index (χ0) is 17.1. The molecular formula is C20H28N4O. The van der Waals surface area contributed by atoms with E-state index in [2.05, 4.69) is 57.3 Å². The highest BCUT2D eigenvalue weighted by atomic mass is 16.5. The molecule has 4 rings (SSSR count). The quantitative estimate of drug-likeness (QED) is 0.774. The molecule has 0 unspecified atom stereocenters. The van der Waals surface area contributed by atoms with Crippen molar-refractivity contribution < 1.29 is 4.52 Å². The molecular weight excluding hydrogens is 312 g/mol. The molecule has 1 aromatic carbocycles. The van der Waals surface area contributed by atoms with Gasteiger partial charge in [0.15, 0.2) is 5.82 Å². The van der Waals surface area contributed by atoms with Gasteiger partial charge < -0.3 is 9.42 Å². The fourth-order valence-electron chi connectivity index (χ4n) is 3.76. The molecule has 25 heavy (non-hydrogen) atoms. The van der Waals surface area contributed by atoms with Gasteiger partial charge in [0.2, 0.25) is 5.89 Å². The second-order valence-electron chi connectivity index (χ2n) is 7.72. The lowest BCUT2D eigenvalue weighted by atomic mass is 9.96. The fourth-order valence-corrected chi connectivity index (χ4v) is 3.76. The minimum atomic E-state index is 0.548. The third kappa shape index (κ3) is 4.67. The van der Waals surface area contributed by atoms with E-state index in [4.69, 9.17) is 4.52 Å². The van der Waals surface area contributed by atoms with Crippen molar-refractivity contribution in [2.75, 3.05) is 26.7 Å². The van der Waals surface area contributed by atoms with Gasteiger partial charge in [-0.05, 0) is 57.3 Å². The summed E-state index contributed by atoms with van der Waals surface area (Å²) in [7, 11) is 2.23. The number of rotatable bonds is 7. The highest BCUT2D eigenvalue weighted by Crippen LogP contribution is 2.38. The summed E-state index contributed by atoms with van der Waals surface area (Å²) in [5.41, 5.74) is 1.39. The molecule has 1 saturated heterocycles. The van der Waals surface area contributed by atoms with E-state index in [0.29, 0.717) is 5.92 Å². The standard InChI is InChI=1S/C20H28N4O/c1-23(13-16-5-3-2-4-6-16)14-17-9-11-24(12-10-17)15-19-21-20(25-22-19)18-7-8-18/h2-6,17-18H,7-15H2,1H3. The number of nitrogens with zero attached hydrogens (tertiary/aromatic N) is 4. The second-order valence-corrected chi connectivity index (χ2v) is 7.72. The maximum Gasteiger partial charge on any atom is 0.229 e. The Morgan fingerprint density at radius 1 is 1.12 bits per heavy atom. The first kappa shape index (κ1) is 16.7. The number of likely N-dealkylation sites (tertiary alicyclic amines) is 1. The van der Waals surface area contributed by atoms with Crippen LogP contribution in [-0.4, -0.2) is 46.6 Å². The SMILES string of the molecule is CN(Cc1ccccc1)CC1CCN(Cc2noc(C3CC3)n2)CC1. The smallest absolute Gasteiger partial charge is 0.229 e. The first-order valence-corrected chi connectivity index (χ1v) is 9.53. The topological polar surface area (TPSA) is 45.4 Å². The highest BCUT2D eigenvalue weighted by molar-refractivity contribution is 5.14. The van der Waals surface area contributed by atoms with E-state index < -0.39 is 0 Å². The lowest BCUT2D eigenvalue weighted by Crippen LogP contribution is -2.37. The maximum absolute atomic E-state index is 5.37. The van der Waals surface area contributed by atoms with Crippen molar-refractivity contribution in [3.05, 3.63) is 47.6 Å². The van der Waals surface area contributed by atoms with Gasteiger partial charge in [0.25, 0.3) is 0 Å². The van der Waals surface area contributed by atoms with E-state index in [1.807, 2.05) is 0 Å². The first-order valence-electron chi connectivity index (χ1n) is 9.53. The summed E-state index contributed by atoms with van der Waals surface area (Å²) in [4.78, 5) is 9.48. The summed E-state index contributed by atoms with van der Waals surface area (Å²) in [6, 6.07) is 10.7. The predicted molar refractivity (Wildman–Crippen MR) is 97.1 cm³/mol. The van der Waals surface area contributed by atoms with E-state index in [1.54, 1.807) is 0 Å². The van der Waals surface area contributed by atoms with Crippen LogP contribution in [0.2, 0.25) is 0 Å². The second kappa shape index (κ2) is 7.67. The highest BCUT2D eigenvalue weighted by Gasteiger charge is 2.30. The first-order chi connectivity index (χ1) is 12.3. The average molecular weight is 340 g/mol. The zero-order valence-electron chi connectivity index (χ0n) is 15.1. The van der Waals surface area contributed by atoms with Crippen molar-refractivity contribution >= 4 is 0 Å². The molecule has 0 N–H and O–H groups in total. The van der Waals surface area contributed by atoms with E-state index in [-0.39, 0.29) is 0 Å². The molecule has 5 nitrogen and oxygen atoms in total. The van der Waals surface area contributed by atoms with Crippen LogP contribution in [0.1, 0.15) is 48.9 Å². The molecule has 134 valence electrons. The predicted octanol–water partition coefficient (Wildman–Crippen LogP) is 3.29. The summed E-state index contributed by atoms with van der Waals surface area (Å²) >= 11 is 0. The zero-order valence-corrected chi connectivity index (χ0v) is 15.1. The molecule has 1 aromatic heterocycles. The Balaban J connectivity index is 1.20. The molecule has 1 saturated carbocycles. The van der Waals surface area contributed by atoms with Crippen molar-refractivity contribution in [3.8, 4) is 0 Å². The summed E-state index contributed by atoms with van der Waals surface area (Å²) in [6.07, 6.45) is 4.94. The van der Waals surface area contributed by atoms with E-state index in [0.717, 1.165) is 43.8 Å². The van der Waals surface area contributed by atoms with Crippen LogP contribution in [0.3, 0.4) is 0 Å². The Labute approximate surface area is 150 Å². The molecule has 2 aromatic rings. The van der Waals surface area contributed by atoms with E-state index in [9.17, 15) is 0 Å². The van der Waals surface area contributed by atoms with Gasteiger partial charge in [-0.15, -0.1) is 0 Å². The van der Waals surface area contributed by atoms with Crippen molar-refractivity contribution in [3.63, 3.8) is 0 Å². The molecule has 0 atom stereocenters. The van der Waals surface area contributed by atoms with Gasteiger partial charge >= 0.3 is 0 Å². The van der Waals surface area contributed by atoms with Gasteiger partial charge in [0.05, 0.1) is 6.54 Å². The number of piperidine rings is 1. The summed E-state index contributed by atoms with van der Waals surface area (Å²) in [6.45, 7) is 5.32. The van der Waals surface area contributed by atoms with E-state index >= 15 is 0 Å². The molecule has 1 aliphatic carbocycles. The largest absolute Gasteiger partial charge is 0.339 e. The van der Waals surface area contributed by atoms with Crippen molar-refractivity contribution in [1.29, 1.82) is 0 Å². The molecule has 0 amide bonds. The monoisotopic (exact) mass is 340 g/mol. The van der Waals surface area contributed by atoms with Crippen LogP contribution in [0, 0.1) is 5.92 Å². The molecule has 2 heterocycles. The lowest BCUT2D eigenvalue weighted by Gasteiger charge is -2.33. The Kier molecular flexibility index (Phi) is 5.13. The minimum Gasteiger partial charge on any atom is -0.339 e. The van der Waals surface area contributed by atoms with Crippen LogP contribution in [-0.2, 0) is 13.1 Å². The van der Waals surface area contributed by atoms with Gasteiger partial charge in [-0.2, -0.15) is 4.98 Å². The van der Waals surface area contributed by atoms with E-state index in [1.165, 1.54) is 37.8 Å². The third-order valence-electron chi connectivity index (χ3n) is 5.35. The van der Waals surface area contributed by atoms with Gasteiger partial charge in [-0.3, -0.25) is 4.90 Å². The van der Waals surface area contributed by atoms with Gasteiger partial charge in [0, 0.05) is 19.0 Å². The number of hydrogen-bond acceptors (Lipinski definition) is 5. The Bertz CT molecular complexity index is 659. The van der Waals surface area contributed by atoms with Crippen LogP contribution in [0.15, 0.2) is 34.9 Å². The van der Waals surface area contributed by atoms with Crippen LogP contribution >= 0.6 is 0 Å². The van der Waals surface area contributed by atoms with Crippen LogP contribution in [0.5, 0.6) is 0 Å². The average Bonchev–Trinajstić information content (AvgIpc) is 3.37. The minimum absolute atomic E-state index is 0.548. The third-order valence-corrected chi connectivity index (χ3v) is 5.35.